The number of aryl methyl sites for hydroxylation is 1. The summed E-state index contributed by atoms with van der Waals surface area (Å²) in [4.78, 5) is 11.8. The number of amides is 1. The summed E-state index contributed by atoms with van der Waals surface area (Å²) in [6, 6.07) is 9.76. The van der Waals surface area contributed by atoms with Crippen LogP contribution in [0.4, 0.5) is 10.1 Å². The molecule has 0 radical (unpaired) electrons. The molecule has 0 aliphatic rings. The molecular weight excluding hydrogens is 267 g/mol. The number of rotatable bonds is 3. The molecule has 1 N–H and O–H groups in total. The van der Waals surface area contributed by atoms with Crippen molar-refractivity contribution in [3.8, 4) is 0 Å². The monoisotopic (exact) mass is 279 g/mol. The van der Waals surface area contributed by atoms with Crippen LogP contribution >= 0.6 is 11.6 Å². The summed E-state index contributed by atoms with van der Waals surface area (Å²) in [7, 11) is 0. The van der Waals surface area contributed by atoms with Crippen molar-refractivity contribution in [1.82, 2.24) is 0 Å². The smallest absolute Gasteiger partial charge is 0.290 e. The van der Waals surface area contributed by atoms with E-state index in [4.69, 9.17) is 11.6 Å². The third kappa shape index (κ3) is 3.51. The predicted molar refractivity (Wildman–Crippen MR) is 71.4 cm³/mol. The zero-order valence-corrected chi connectivity index (χ0v) is 11.1. The van der Waals surface area contributed by atoms with Gasteiger partial charge in [0.1, 0.15) is 5.82 Å². The van der Waals surface area contributed by atoms with Crippen molar-refractivity contribution >= 4 is 23.2 Å². The quantitative estimate of drug-likeness (QED) is 0.861. The Hall–Kier alpha value is -1.94. The number of hydrogen-bond donors (Lipinski definition) is 1. The van der Waals surface area contributed by atoms with E-state index >= 15 is 0 Å². The first-order valence-electron chi connectivity index (χ1n) is 5.76. The highest BCUT2D eigenvalue weighted by Gasteiger charge is 2.13. The summed E-state index contributed by atoms with van der Waals surface area (Å²) in [5.74, 6) is -0.837. The van der Waals surface area contributed by atoms with E-state index in [9.17, 15) is 9.18 Å². The van der Waals surface area contributed by atoms with Crippen LogP contribution in [-0.4, -0.2) is 5.91 Å². The molecule has 0 aliphatic carbocycles. The molecule has 19 heavy (non-hydrogen) atoms. The van der Waals surface area contributed by atoms with Crippen molar-refractivity contribution < 1.29 is 13.8 Å². The molecule has 0 atom stereocenters. The second-order valence-corrected chi connectivity index (χ2v) is 4.58. The summed E-state index contributed by atoms with van der Waals surface area (Å²) >= 11 is 5.65. The SMILES string of the molecule is Cc1cccc[n+]1CC(=O)Nc1ccc(Cl)cc1F. The maximum atomic E-state index is 13.5. The van der Waals surface area contributed by atoms with Gasteiger partial charge in [-0.15, -0.1) is 0 Å². The molecule has 0 spiro atoms. The second kappa shape index (κ2) is 5.80. The lowest BCUT2D eigenvalue weighted by Crippen LogP contribution is -2.42. The molecule has 3 nitrogen and oxygen atoms in total. The Labute approximate surface area is 115 Å². The number of nitrogens with one attached hydrogen (secondary N) is 1. The van der Waals surface area contributed by atoms with E-state index in [-0.39, 0.29) is 18.1 Å². The molecule has 2 aromatic rings. The summed E-state index contributed by atoms with van der Waals surface area (Å²) in [6.07, 6.45) is 1.80. The molecule has 0 saturated heterocycles. The molecule has 5 heteroatoms. The Morgan fingerprint density at radius 2 is 2.16 bits per heavy atom. The van der Waals surface area contributed by atoms with Crippen LogP contribution in [0.1, 0.15) is 5.69 Å². The maximum absolute atomic E-state index is 13.5. The van der Waals surface area contributed by atoms with Gasteiger partial charge in [-0.25, -0.2) is 4.39 Å². The Balaban J connectivity index is 2.08. The Morgan fingerprint density at radius 1 is 1.37 bits per heavy atom. The number of benzene rings is 1. The first-order valence-corrected chi connectivity index (χ1v) is 6.14. The molecule has 1 heterocycles. The molecule has 1 aromatic carbocycles. The molecule has 0 unspecified atom stereocenters. The van der Waals surface area contributed by atoms with Gasteiger partial charge >= 0.3 is 0 Å². The van der Waals surface area contributed by atoms with Crippen LogP contribution < -0.4 is 9.88 Å². The standard InChI is InChI=1S/C14H12ClFN2O/c1-10-4-2-3-7-18(10)9-14(19)17-13-6-5-11(15)8-12(13)16/h2-8H,9H2,1H3/p+1. The van der Waals surface area contributed by atoms with Gasteiger partial charge in [-0.05, 0) is 18.2 Å². The third-order valence-corrected chi connectivity index (χ3v) is 2.92. The van der Waals surface area contributed by atoms with E-state index in [1.807, 2.05) is 25.1 Å². The highest BCUT2D eigenvalue weighted by atomic mass is 35.5. The minimum Gasteiger partial charge on any atom is -0.318 e. The van der Waals surface area contributed by atoms with E-state index in [0.29, 0.717) is 5.02 Å². The third-order valence-electron chi connectivity index (χ3n) is 2.69. The predicted octanol–water partition coefficient (Wildman–Crippen LogP) is 2.71. The van der Waals surface area contributed by atoms with Gasteiger partial charge in [-0.1, -0.05) is 17.7 Å². The number of carbonyl (C=O) groups excluding carboxylic acids is 1. The van der Waals surface area contributed by atoms with Crippen molar-refractivity contribution in [2.45, 2.75) is 13.5 Å². The topological polar surface area (TPSA) is 33.0 Å². The van der Waals surface area contributed by atoms with Gasteiger partial charge in [0.05, 0.1) is 5.69 Å². The molecule has 98 valence electrons. The van der Waals surface area contributed by atoms with Gasteiger partial charge in [-0.2, -0.15) is 4.57 Å². The minimum absolute atomic E-state index is 0.128. The van der Waals surface area contributed by atoms with E-state index in [1.165, 1.54) is 12.1 Å². The first-order chi connectivity index (χ1) is 9.06. The minimum atomic E-state index is -0.546. The number of pyridine rings is 1. The molecule has 1 aromatic heterocycles. The van der Waals surface area contributed by atoms with Gasteiger partial charge < -0.3 is 5.32 Å². The van der Waals surface area contributed by atoms with Crippen LogP contribution in [0.25, 0.3) is 0 Å². The Bertz CT molecular complexity index is 616. The molecule has 0 bridgehead atoms. The molecular formula is C14H13ClFN2O+. The van der Waals surface area contributed by atoms with Gasteiger partial charge in [-0.3, -0.25) is 4.79 Å². The second-order valence-electron chi connectivity index (χ2n) is 4.14. The zero-order valence-electron chi connectivity index (χ0n) is 10.4. The van der Waals surface area contributed by atoms with Crippen LogP contribution in [0.3, 0.4) is 0 Å². The van der Waals surface area contributed by atoms with Crippen molar-refractivity contribution in [2.75, 3.05) is 5.32 Å². The van der Waals surface area contributed by atoms with Crippen molar-refractivity contribution in [1.29, 1.82) is 0 Å². The fourth-order valence-corrected chi connectivity index (χ4v) is 1.83. The molecule has 0 fully saturated rings. The summed E-state index contributed by atoms with van der Waals surface area (Å²) in [5, 5.41) is 2.81. The van der Waals surface area contributed by atoms with Crippen LogP contribution in [-0.2, 0) is 11.3 Å². The molecule has 0 aliphatic heterocycles. The number of hydrogen-bond acceptors (Lipinski definition) is 1. The van der Waals surface area contributed by atoms with E-state index in [1.54, 1.807) is 10.8 Å². The summed E-state index contributed by atoms with van der Waals surface area (Å²) in [6.45, 7) is 2.03. The fraction of sp³-hybridized carbons (Fsp3) is 0.143. The normalized spacial score (nSPS) is 10.3. The lowest BCUT2D eigenvalue weighted by Gasteiger charge is -2.05. The summed E-state index contributed by atoms with van der Waals surface area (Å²) in [5.41, 5.74) is 1.08. The average Bonchev–Trinajstić information content (AvgIpc) is 2.36. The molecule has 1 amide bonds. The lowest BCUT2D eigenvalue weighted by molar-refractivity contribution is -0.690. The largest absolute Gasteiger partial charge is 0.318 e. The van der Waals surface area contributed by atoms with Crippen molar-refractivity contribution in [3.05, 3.63) is 59.1 Å². The molecule has 2 rings (SSSR count). The molecule has 0 saturated carbocycles. The number of halogens is 2. The number of carbonyl (C=O) groups is 1. The van der Waals surface area contributed by atoms with Gasteiger partial charge in [0, 0.05) is 24.1 Å². The highest BCUT2D eigenvalue weighted by molar-refractivity contribution is 6.30. The van der Waals surface area contributed by atoms with Crippen LogP contribution in [0.5, 0.6) is 0 Å². The van der Waals surface area contributed by atoms with Crippen LogP contribution in [0, 0.1) is 12.7 Å². The lowest BCUT2D eigenvalue weighted by atomic mass is 10.3. The number of nitrogens with zero attached hydrogens (tertiary/aromatic N) is 1. The van der Waals surface area contributed by atoms with Crippen molar-refractivity contribution in [3.63, 3.8) is 0 Å². The van der Waals surface area contributed by atoms with E-state index in [0.717, 1.165) is 11.8 Å². The average molecular weight is 280 g/mol. The Morgan fingerprint density at radius 3 is 2.84 bits per heavy atom. The summed E-state index contributed by atoms with van der Waals surface area (Å²) < 4.78 is 15.3. The fourth-order valence-electron chi connectivity index (χ4n) is 1.67. The highest BCUT2D eigenvalue weighted by Crippen LogP contribution is 2.18. The zero-order chi connectivity index (χ0) is 13.8. The maximum Gasteiger partial charge on any atom is 0.290 e. The van der Waals surface area contributed by atoms with Crippen molar-refractivity contribution in [2.24, 2.45) is 0 Å². The van der Waals surface area contributed by atoms with E-state index < -0.39 is 5.82 Å². The number of anilines is 1. The van der Waals surface area contributed by atoms with Gasteiger partial charge in [0.2, 0.25) is 6.54 Å². The van der Waals surface area contributed by atoms with Crippen LogP contribution in [0.15, 0.2) is 42.6 Å². The Kier molecular flexibility index (Phi) is 4.12. The van der Waals surface area contributed by atoms with Gasteiger partial charge in [0.25, 0.3) is 5.91 Å². The van der Waals surface area contributed by atoms with E-state index in [2.05, 4.69) is 5.32 Å². The van der Waals surface area contributed by atoms with Gasteiger partial charge in [0.15, 0.2) is 11.9 Å². The number of aromatic nitrogens is 1. The first kappa shape index (κ1) is 13.5. The van der Waals surface area contributed by atoms with Crippen LogP contribution in [0.2, 0.25) is 5.02 Å².